The Hall–Kier alpha value is -3.57. The van der Waals surface area contributed by atoms with Gasteiger partial charge in [-0.3, -0.25) is 14.9 Å². The number of rotatable bonds is 9. The van der Waals surface area contributed by atoms with Gasteiger partial charge in [0.1, 0.15) is 12.4 Å². The van der Waals surface area contributed by atoms with E-state index in [0.717, 1.165) is 4.47 Å². The number of hydrogen-bond acceptors (Lipinski definition) is 7. The number of aromatic nitrogens is 2. The summed E-state index contributed by atoms with van der Waals surface area (Å²) in [6, 6.07) is 15.1. The Bertz CT molecular complexity index is 1600. The second-order valence-corrected chi connectivity index (χ2v) is 10.4. The third kappa shape index (κ3) is 6.11. The molecule has 38 heavy (non-hydrogen) atoms. The van der Waals surface area contributed by atoms with Crippen LogP contribution in [0.3, 0.4) is 0 Å². The molecule has 1 heterocycles. The summed E-state index contributed by atoms with van der Waals surface area (Å²) in [4.78, 5) is 28.6. The lowest BCUT2D eigenvalue weighted by Gasteiger charge is -2.14. The molecule has 0 saturated heterocycles. The first-order valence-corrected chi connectivity index (χ1v) is 13.4. The van der Waals surface area contributed by atoms with Crippen LogP contribution < -0.4 is 15.0 Å². The molecule has 0 saturated carbocycles. The summed E-state index contributed by atoms with van der Waals surface area (Å²) < 4.78 is 14.5. The predicted molar refractivity (Wildman–Crippen MR) is 154 cm³/mol. The first-order chi connectivity index (χ1) is 18.2. The molecule has 0 fully saturated rings. The molecule has 1 aromatic heterocycles. The number of fused-ring (bicyclic) bond motifs is 1. The van der Waals surface area contributed by atoms with E-state index in [9.17, 15) is 14.9 Å². The van der Waals surface area contributed by atoms with E-state index in [0.29, 0.717) is 50.4 Å². The zero-order valence-corrected chi connectivity index (χ0v) is 24.0. The van der Waals surface area contributed by atoms with Crippen LogP contribution in [0.1, 0.15) is 43.6 Å². The molecule has 196 valence electrons. The van der Waals surface area contributed by atoms with Gasteiger partial charge in [0.15, 0.2) is 11.5 Å². The molecule has 3 aromatic carbocycles. The first kappa shape index (κ1) is 27.5. The second-order valence-electron chi connectivity index (χ2n) is 8.62. The van der Waals surface area contributed by atoms with Crippen molar-refractivity contribution >= 4 is 54.7 Å². The van der Waals surface area contributed by atoms with Gasteiger partial charge in [-0.25, -0.2) is 4.98 Å². The highest BCUT2D eigenvalue weighted by Crippen LogP contribution is 2.34. The summed E-state index contributed by atoms with van der Waals surface area (Å²) in [5.74, 6) is 1.43. The van der Waals surface area contributed by atoms with Crippen molar-refractivity contribution in [3.05, 3.63) is 101 Å². The van der Waals surface area contributed by atoms with Gasteiger partial charge in [-0.05, 0) is 58.7 Å². The number of nitrogens with zero attached hydrogens (tertiary/aromatic N) is 4. The molecule has 0 aliphatic carbocycles. The molecule has 9 nitrogen and oxygen atoms in total. The fourth-order valence-electron chi connectivity index (χ4n) is 3.72. The molecule has 0 atom stereocenters. The van der Waals surface area contributed by atoms with Crippen LogP contribution in [0, 0.1) is 10.1 Å². The number of hydrogen-bond donors (Lipinski definition) is 0. The quantitative estimate of drug-likeness (QED) is 0.113. The van der Waals surface area contributed by atoms with Crippen molar-refractivity contribution in [2.75, 3.05) is 6.61 Å². The van der Waals surface area contributed by atoms with Crippen molar-refractivity contribution < 1.29 is 14.4 Å². The molecular weight excluding hydrogens is 620 g/mol. The highest BCUT2D eigenvalue weighted by molar-refractivity contribution is 9.10. The van der Waals surface area contributed by atoms with Crippen LogP contribution in [0.2, 0.25) is 0 Å². The fraction of sp³-hybridized carbons (Fsp3) is 0.222. The van der Waals surface area contributed by atoms with E-state index >= 15 is 0 Å². The van der Waals surface area contributed by atoms with Gasteiger partial charge < -0.3 is 9.47 Å². The van der Waals surface area contributed by atoms with Crippen LogP contribution in [0.4, 0.5) is 5.69 Å². The molecule has 0 radical (unpaired) electrons. The summed E-state index contributed by atoms with van der Waals surface area (Å²) in [6.45, 7) is 6.27. The zero-order chi connectivity index (χ0) is 27.4. The monoisotopic (exact) mass is 642 g/mol. The Labute approximate surface area is 235 Å². The summed E-state index contributed by atoms with van der Waals surface area (Å²) in [7, 11) is 0. The van der Waals surface area contributed by atoms with Crippen LogP contribution in [-0.2, 0) is 6.61 Å². The van der Waals surface area contributed by atoms with E-state index in [2.05, 4.69) is 41.9 Å². The number of non-ortho nitro benzene ring substituents is 1. The van der Waals surface area contributed by atoms with Crippen molar-refractivity contribution in [1.29, 1.82) is 0 Å². The lowest BCUT2D eigenvalue weighted by molar-refractivity contribution is -0.384. The summed E-state index contributed by atoms with van der Waals surface area (Å²) in [6.07, 6.45) is 1.57. The van der Waals surface area contributed by atoms with Gasteiger partial charge in [0.05, 0.1) is 28.6 Å². The molecule has 0 amide bonds. The SMILES string of the molecule is CCOc1cc(C=Nn2c(C(C)C)nc3ccc(Br)cc3c2=O)c(Br)cc1OCc1cccc([N+](=O)[O-])c1. The summed E-state index contributed by atoms with van der Waals surface area (Å²) in [5, 5.41) is 16.0. The smallest absolute Gasteiger partial charge is 0.282 e. The molecule has 0 bridgehead atoms. The first-order valence-electron chi connectivity index (χ1n) is 11.8. The molecule has 0 N–H and O–H groups in total. The minimum Gasteiger partial charge on any atom is -0.490 e. The van der Waals surface area contributed by atoms with E-state index in [1.54, 1.807) is 42.6 Å². The number of nitro benzene ring substituents is 1. The highest BCUT2D eigenvalue weighted by atomic mass is 79.9. The zero-order valence-electron chi connectivity index (χ0n) is 20.9. The van der Waals surface area contributed by atoms with Gasteiger partial charge in [0.25, 0.3) is 11.2 Å². The molecule has 4 aromatic rings. The standard InChI is InChI=1S/C27H24Br2N4O5/c1-4-37-24-11-18(22(29)13-25(24)38-15-17-6-5-7-20(10-17)33(35)36)14-30-32-26(16(2)3)31-23-9-8-19(28)12-21(23)27(32)34/h5-14,16H,4,15H2,1-3H3. The molecular formula is C27H24Br2N4O5. The van der Waals surface area contributed by atoms with Crippen LogP contribution in [-0.4, -0.2) is 27.4 Å². The maximum atomic E-state index is 13.3. The molecule has 0 aliphatic rings. The van der Waals surface area contributed by atoms with E-state index in [4.69, 9.17) is 9.47 Å². The average molecular weight is 644 g/mol. The molecule has 0 unspecified atom stereocenters. The Morgan fingerprint density at radius 2 is 1.87 bits per heavy atom. The van der Waals surface area contributed by atoms with Gasteiger partial charge in [0, 0.05) is 32.6 Å². The van der Waals surface area contributed by atoms with Gasteiger partial charge >= 0.3 is 0 Å². The van der Waals surface area contributed by atoms with Crippen molar-refractivity contribution in [1.82, 2.24) is 9.66 Å². The van der Waals surface area contributed by atoms with Gasteiger partial charge in [-0.15, -0.1) is 0 Å². The normalized spacial score (nSPS) is 11.4. The van der Waals surface area contributed by atoms with Gasteiger partial charge in [0.2, 0.25) is 0 Å². The molecule has 0 spiro atoms. The molecule has 4 rings (SSSR count). The average Bonchev–Trinajstić information content (AvgIpc) is 2.89. The minimum atomic E-state index is -0.445. The van der Waals surface area contributed by atoms with Crippen LogP contribution in [0.5, 0.6) is 11.5 Å². The Balaban J connectivity index is 1.68. The van der Waals surface area contributed by atoms with E-state index in [-0.39, 0.29) is 23.8 Å². The number of halogens is 2. The van der Waals surface area contributed by atoms with Crippen molar-refractivity contribution in [2.24, 2.45) is 5.10 Å². The Morgan fingerprint density at radius 1 is 1.11 bits per heavy atom. The second kappa shape index (κ2) is 11.9. The van der Waals surface area contributed by atoms with Crippen LogP contribution in [0.15, 0.2) is 73.4 Å². The van der Waals surface area contributed by atoms with Crippen LogP contribution in [0.25, 0.3) is 10.9 Å². The number of benzene rings is 3. The minimum absolute atomic E-state index is 0.00424. The maximum absolute atomic E-state index is 13.3. The van der Waals surface area contributed by atoms with Crippen molar-refractivity contribution in [2.45, 2.75) is 33.3 Å². The number of nitro groups is 1. The van der Waals surface area contributed by atoms with Crippen LogP contribution >= 0.6 is 31.9 Å². The Morgan fingerprint density at radius 3 is 2.58 bits per heavy atom. The van der Waals surface area contributed by atoms with E-state index in [1.165, 1.54) is 16.8 Å². The summed E-state index contributed by atoms with van der Waals surface area (Å²) >= 11 is 6.97. The maximum Gasteiger partial charge on any atom is 0.282 e. The lowest BCUT2D eigenvalue weighted by Crippen LogP contribution is -2.23. The van der Waals surface area contributed by atoms with Crippen molar-refractivity contribution in [3.63, 3.8) is 0 Å². The highest BCUT2D eigenvalue weighted by Gasteiger charge is 2.15. The lowest BCUT2D eigenvalue weighted by atomic mass is 10.2. The van der Waals surface area contributed by atoms with Gasteiger partial charge in [-0.2, -0.15) is 9.78 Å². The predicted octanol–water partition coefficient (Wildman–Crippen LogP) is 6.81. The van der Waals surface area contributed by atoms with E-state index < -0.39 is 4.92 Å². The van der Waals surface area contributed by atoms with Crippen molar-refractivity contribution in [3.8, 4) is 11.5 Å². The third-order valence-corrected chi connectivity index (χ3v) is 6.72. The van der Waals surface area contributed by atoms with E-state index in [1.807, 2.05) is 26.8 Å². The fourth-order valence-corrected chi connectivity index (χ4v) is 4.51. The number of ether oxygens (including phenoxy) is 2. The third-order valence-electron chi connectivity index (χ3n) is 5.54. The van der Waals surface area contributed by atoms with Gasteiger partial charge in [-0.1, -0.05) is 41.9 Å². The summed E-state index contributed by atoms with van der Waals surface area (Å²) in [5.41, 5.74) is 1.65. The molecule has 0 aliphatic heterocycles. The topological polar surface area (TPSA) is 109 Å². The Kier molecular flexibility index (Phi) is 8.58. The largest absolute Gasteiger partial charge is 0.490 e. The molecule has 11 heteroatoms.